The predicted molar refractivity (Wildman–Crippen MR) is 83.0 cm³/mol. The third kappa shape index (κ3) is 6.60. The summed E-state index contributed by atoms with van der Waals surface area (Å²) in [5.74, 6) is 1.60. The smallest absolute Gasteiger partial charge is 0.224 e. The molecular formula is C17H27NO2. The highest BCUT2D eigenvalue weighted by Gasteiger charge is 2.09. The minimum atomic E-state index is 0.0790. The minimum absolute atomic E-state index is 0.0790. The fraction of sp³-hybridized carbons (Fsp3) is 0.588. The van der Waals surface area contributed by atoms with Gasteiger partial charge in [-0.3, -0.25) is 4.79 Å². The van der Waals surface area contributed by atoms with Gasteiger partial charge in [0.1, 0.15) is 5.75 Å². The molecule has 0 heterocycles. The first-order chi connectivity index (χ1) is 9.51. The van der Waals surface area contributed by atoms with Crippen molar-refractivity contribution in [2.24, 2.45) is 5.92 Å². The summed E-state index contributed by atoms with van der Waals surface area (Å²) in [5, 5.41) is 3.06. The maximum absolute atomic E-state index is 12.0. The fourth-order valence-electron chi connectivity index (χ4n) is 2.20. The van der Waals surface area contributed by atoms with Gasteiger partial charge in [0.2, 0.25) is 5.91 Å². The number of benzene rings is 1. The van der Waals surface area contributed by atoms with E-state index in [1.165, 1.54) is 6.42 Å². The second-order valence-corrected chi connectivity index (χ2v) is 5.82. The summed E-state index contributed by atoms with van der Waals surface area (Å²) in [5.41, 5.74) is 0.983. The Kier molecular flexibility index (Phi) is 7.13. The molecule has 1 aromatic rings. The lowest BCUT2D eigenvalue weighted by Gasteiger charge is -2.14. The number of ether oxygens (including phenoxy) is 1. The molecule has 1 N–H and O–H groups in total. The normalized spacial score (nSPS) is 12.2. The predicted octanol–water partition coefficient (Wildman–Crippen LogP) is 3.57. The third-order valence-corrected chi connectivity index (χ3v) is 3.32. The number of hydrogen-bond donors (Lipinski definition) is 1. The summed E-state index contributed by atoms with van der Waals surface area (Å²) in [6.45, 7) is 6.53. The number of amides is 1. The number of methoxy groups -OCH3 is 1. The lowest BCUT2D eigenvalue weighted by atomic mass is 10.0. The Hall–Kier alpha value is -1.51. The van der Waals surface area contributed by atoms with E-state index in [2.05, 4.69) is 26.1 Å². The van der Waals surface area contributed by atoms with Gasteiger partial charge >= 0.3 is 0 Å². The molecule has 0 bridgehead atoms. The van der Waals surface area contributed by atoms with Crippen molar-refractivity contribution >= 4 is 5.91 Å². The Bertz CT molecular complexity index is 415. The van der Waals surface area contributed by atoms with Crippen LogP contribution in [0.3, 0.4) is 0 Å². The Morgan fingerprint density at radius 1 is 1.25 bits per heavy atom. The van der Waals surface area contributed by atoms with Crippen LogP contribution in [-0.2, 0) is 11.2 Å². The van der Waals surface area contributed by atoms with Gasteiger partial charge in [0, 0.05) is 6.04 Å². The Labute approximate surface area is 122 Å². The zero-order chi connectivity index (χ0) is 15.0. The molecule has 3 heteroatoms. The summed E-state index contributed by atoms with van der Waals surface area (Å²) < 4.78 is 5.16. The number of carbonyl (C=O) groups is 1. The molecular weight excluding hydrogens is 250 g/mol. The second-order valence-electron chi connectivity index (χ2n) is 5.82. The first-order valence-electron chi connectivity index (χ1n) is 7.43. The minimum Gasteiger partial charge on any atom is -0.497 e. The van der Waals surface area contributed by atoms with Crippen LogP contribution in [0.15, 0.2) is 24.3 Å². The Morgan fingerprint density at radius 3 is 2.65 bits per heavy atom. The van der Waals surface area contributed by atoms with Crippen molar-refractivity contribution in [3.63, 3.8) is 0 Å². The molecule has 0 aliphatic rings. The molecule has 0 aliphatic heterocycles. The number of hydrogen-bond acceptors (Lipinski definition) is 2. The van der Waals surface area contributed by atoms with Crippen LogP contribution in [-0.4, -0.2) is 19.1 Å². The molecule has 112 valence electrons. The van der Waals surface area contributed by atoms with Gasteiger partial charge in [0.25, 0.3) is 0 Å². The average Bonchev–Trinajstić information content (AvgIpc) is 2.38. The van der Waals surface area contributed by atoms with E-state index in [0.29, 0.717) is 6.42 Å². The maximum atomic E-state index is 12.0. The lowest BCUT2D eigenvalue weighted by molar-refractivity contribution is -0.121. The zero-order valence-electron chi connectivity index (χ0n) is 13.1. The molecule has 1 atom stereocenters. The highest BCUT2D eigenvalue weighted by atomic mass is 16.5. The van der Waals surface area contributed by atoms with Gasteiger partial charge in [0.15, 0.2) is 0 Å². The van der Waals surface area contributed by atoms with Gasteiger partial charge in [0.05, 0.1) is 13.5 Å². The SMILES string of the molecule is COc1cccc(CC(=O)NC(C)CCCC(C)C)c1. The third-order valence-electron chi connectivity index (χ3n) is 3.32. The monoisotopic (exact) mass is 277 g/mol. The van der Waals surface area contributed by atoms with Crippen LogP contribution in [0.4, 0.5) is 0 Å². The van der Waals surface area contributed by atoms with Crippen LogP contribution < -0.4 is 10.1 Å². The topological polar surface area (TPSA) is 38.3 Å². The van der Waals surface area contributed by atoms with E-state index in [4.69, 9.17) is 4.74 Å². The number of carbonyl (C=O) groups excluding carboxylic acids is 1. The standard InChI is InChI=1S/C17H27NO2/c1-13(2)7-5-8-14(3)18-17(19)12-15-9-6-10-16(11-15)20-4/h6,9-11,13-14H,5,7-8,12H2,1-4H3,(H,18,19). The van der Waals surface area contributed by atoms with E-state index < -0.39 is 0 Å². The molecule has 3 nitrogen and oxygen atoms in total. The largest absolute Gasteiger partial charge is 0.497 e. The van der Waals surface area contributed by atoms with Crippen molar-refractivity contribution in [1.82, 2.24) is 5.32 Å². The molecule has 1 aromatic carbocycles. The summed E-state index contributed by atoms with van der Waals surface area (Å²) in [6, 6.07) is 7.89. The van der Waals surface area contributed by atoms with E-state index in [-0.39, 0.29) is 11.9 Å². The number of nitrogens with one attached hydrogen (secondary N) is 1. The highest BCUT2D eigenvalue weighted by molar-refractivity contribution is 5.78. The summed E-state index contributed by atoms with van der Waals surface area (Å²) in [6.07, 6.45) is 3.84. The van der Waals surface area contributed by atoms with Crippen LogP contribution in [0.1, 0.15) is 45.6 Å². The Morgan fingerprint density at radius 2 is 2.00 bits per heavy atom. The molecule has 0 saturated carbocycles. The van der Waals surface area contributed by atoms with Gasteiger partial charge < -0.3 is 10.1 Å². The quantitative estimate of drug-likeness (QED) is 0.789. The van der Waals surface area contributed by atoms with Crippen LogP contribution in [0, 0.1) is 5.92 Å². The first-order valence-corrected chi connectivity index (χ1v) is 7.43. The van der Waals surface area contributed by atoms with Gasteiger partial charge in [-0.25, -0.2) is 0 Å². The molecule has 0 aromatic heterocycles. The molecule has 0 radical (unpaired) electrons. The van der Waals surface area contributed by atoms with Gasteiger partial charge in [-0.15, -0.1) is 0 Å². The molecule has 0 fully saturated rings. The van der Waals surface area contributed by atoms with E-state index in [1.54, 1.807) is 7.11 Å². The van der Waals surface area contributed by atoms with Gasteiger partial charge in [-0.1, -0.05) is 38.8 Å². The van der Waals surface area contributed by atoms with Crippen LogP contribution in [0.2, 0.25) is 0 Å². The summed E-state index contributed by atoms with van der Waals surface area (Å²) in [7, 11) is 1.63. The lowest BCUT2D eigenvalue weighted by Crippen LogP contribution is -2.33. The highest BCUT2D eigenvalue weighted by Crippen LogP contribution is 2.13. The zero-order valence-corrected chi connectivity index (χ0v) is 13.1. The maximum Gasteiger partial charge on any atom is 0.224 e. The summed E-state index contributed by atoms with van der Waals surface area (Å²) in [4.78, 5) is 12.0. The van der Waals surface area contributed by atoms with Gasteiger partial charge in [-0.2, -0.15) is 0 Å². The Balaban J connectivity index is 2.35. The van der Waals surface area contributed by atoms with Gasteiger partial charge in [-0.05, 0) is 37.0 Å². The molecule has 0 spiro atoms. The van der Waals surface area contributed by atoms with Crippen LogP contribution in [0.5, 0.6) is 5.75 Å². The van der Waals surface area contributed by atoms with E-state index >= 15 is 0 Å². The molecule has 1 amide bonds. The average molecular weight is 277 g/mol. The van der Waals surface area contributed by atoms with Crippen LogP contribution in [0.25, 0.3) is 0 Å². The molecule has 1 unspecified atom stereocenters. The van der Waals surface area contributed by atoms with Crippen molar-refractivity contribution < 1.29 is 9.53 Å². The van der Waals surface area contributed by atoms with E-state index in [0.717, 1.165) is 30.1 Å². The first kappa shape index (κ1) is 16.5. The van der Waals surface area contributed by atoms with Crippen molar-refractivity contribution in [1.29, 1.82) is 0 Å². The van der Waals surface area contributed by atoms with Crippen molar-refractivity contribution in [3.05, 3.63) is 29.8 Å². The summed E-state index contributed by atoms with van der Waals surface area (Å²) >= 11 is 0. The molecule has 0 aliphatic carbocycles. The fourth-order valence-corrected chi connectivity index (χ4v) is 2.20. The van der Waals surface area contributed by atoms with Crippen molar-refractivity contribution in [3.8, 4) is 5.75 Å². The number of rotatable bonds is 8. The molecule has 0 saturated heterocycles. The van der Waals surface area contributed by atoms with Crippen LogP contribution >= 0.6 is 0 Å². The van der Waals surface area contributed by atoms with Crippen molar-refractivity contribution in [2.75, 3.05) is 7.11 Å². The van der Waals surface area contributed by atoms with Crippen molar-refractivity contribution in [2.45, 2.75) is 52.5 Å². The second kappa shape index (κ2) is 8.62. The van der Waals surface area contributed by atoms with E-state index in [9.17, 15) is 4.79 Å². The molecule has 20 heavy (non-hydrogen) atoms. The van der Waals surface area contributed by atoms with E-state index in [1.807, 2.05) is 24.3 Å². The molecule has 1 rings (SSSR count).